The molecule has 0 unspecified atom stereocenters. The Kier molecular flexibility index (Phi) is 4.85. The zero-order valence-electron chi connectivity index (χ0n) is 13.3. The van der Waals surface area contributed by atoms with Gasteiger partial charge >= 0.3 is 0 Å². The molecule has 5 nitrogen and oxygen atoms in total. The summed E-state index contributed by atoms with van der Waals surface area (Å²) in [6.07, 6.45) is 1.31. The van der Waals surface area contributed by atoms with Gasteiger partial charge in [-0.05, 0) is 36.4 Å². The van der Waals surface area contributed by atoms with Crippen molar-refractivity contribution >= 4 is 23.1 Å². The van der Waals surface area contributed by atoms with Gasteiger partial charge in [-0.15, -0.1) is 0 Å². The van der Waals surface area contributed by atoms with Crippen molar-refractivity contribution in [2.75, 3.05) is 10.6 Å². The number of halogens is 2. The van der Waals surface area contributed by atoms with E-state index in [2.05, 4.69) is 21.7 Å². The fourth-order valence-corrected chi connectivity index (χ4v) is 2.22. The van der Waals surface area contributed by atoms with Gasteiger partial charge in [-0.3, -0.25) is 4.79 Å². The van der Waals surface area contributed by atoms with Gasteiger partial charge in [-0.25, -0.2) is 13.8 Å². The Bertz CT molecular complexity index is 997. The first-order valence-corrected chi connectivity index (χ1v) is 7.55. The molecule has 26 heavy (non-hydrogen) atoms. The molecule has 2 N–H and O–H groups in total. The van der Waals surface area contributed by atoms with Gasteiger partial charge < -0.3 is 10.6 Å². The lowest BCUT2D eigenvalue weighted by Gasteiger charge is -2.09. The molecule has 0 aliphatic rings. The Hall–Kier alpha value is -3.79. The van der Waals surface area contributed by atoms with E-state index in [0.29, 0.717) is 23.1 Å². The highest BCUT2D eigenvalue weighted by atomic mass is 19.1. The van der Waals surface area contributed by atoms with Gasteiger partial charge in [0.05, 0.1) is 22.5 Å². The molecule has 0 radical (unpaired) electrons. The fraction of sp³-hybridized carbons (Fsp3) is 0. The zero-order chi connectivity index (χ0) is 18.5. The number of pyridine rings is 1. The van der Waals surface area contributed by atoms with E-state index in [1.54, 1.807) is 30.3 Å². The van der Waals surface area contributed by atoms with Crippen molar-refractivity contribution in [3.05, 3.63) is 83.6 Å². The highest BCUT2D eigenvalue weighted by molar-refractivity contribution is 6.04. The Labute approximate surface area is 147 Å². The largest absolute Gasteiger partial charge is 0.339 e. The molecule has 0 saturated carbocycles. The van der Waals surface area contributed by atoms with Gasteiger partial charge in [0, 0.05) is 12.3 Å². The minimum atomic E-state index is -0.863. The van der Waals surface area contributed by atoms with E-state index in [9.17, 15) is 13.6 Å². The number of aromatic nitrogens is 1. The number of nitriles is 1. The normalized spacial score (nSPS) is 10.0. The standard InChI is InChI=1S/C19H12F2N4O/c20-14-6-7-17(15(21)9-14)25-19(26)13-5-8-18(23-11-13)24-16-4-2-1-3-12(16)10-22/h1-9,11H,(H,23,24)(H,25,26). The molecule has 0 spiro atoms. The summed E-state index contributed by atoms with van der Waals surface area (Å²) < 4.78 is 26.5. The Balaban J connectivity index is 1.73. The molecule has 0 fully saturated rings. The number of hydrogen-bond donors (Lipinski definition) is 2. The summed E-state index contributed by atoms with van der Waals surface area (Å²) >= 11 is 0. The highest BCUT2D eigenvalue weighted by Crippen LogP contribution is 2.20. The number of carbonyl (C=O) groups is 1. The van der Waals surface area contributed by atoms with Crippen molar-refractivity contribution in [1.29, 1.82) is 5.26 Å². The minimum Gasteiger partial charge on any atom is -0.339 e. The molecule has 0 saturated heterocycles. The maximum absolute atomic E-state index is 13.6. The van der Waals surface area contributed by atoms with Crippen molar-refractivity contribution in [2.45, 2.75) is 0 Å². The maximum Gasteiger partial charge on any atom is 0.257 e. The first-order valence-electron chi connectivity index (χ1n) is 7.55. The predicted octanol–water partition coefficient (Wildman–Crippen LogP) is 4.23. The zero-order valence-corrected chi connectivity index (χ0v) is 13.3. The molecule has 0 atom stereocenters. The van der Waals surface area contributed by atoms with Crippen LogP contribution >= 0.6 is 0 Å². The number of benzene rings is 2. The third-order valence-electron chi connectivity index (χ3n) is 3.52. The smallest absolute Gasteiger partial charge is 0.257 e. The van der Waals surface area contributed by atoms with Crippen molar-refractivity contribution in [2.24, 2.45) is 0 Å². The van der Waals surface area contributed by atoms with Gasteiger partial charge in [-0.2, -0.15) is 5.26 Å². The number of hydrogen-bond acceptors (Lipinski definition) is 4. The molecule has 1 amide bonds. The molecule has 128 valence electrons. The highest BCUT2D eigenvalue weighted by Gasteiger charge is 2.11. The van der Waals surface area contributed by atoms with Crippen molar-refractivity contribution in [3.63, 3.8) is 0 Å². The van der Waals surface area contributed by atoms with E-state index >= 15 is 0 Å². The second-order valence-corrected chi connectivity index (χ2v) is 5.29. The van der Waals surface area contributed by atoms with Gasteiger partial charge in [0.15, 0.2) is 0 Å². The molecule has 3 rings (SSSR count). The summed E-state index contributed by atoms with van der Waals surface area (Å²) in [5.41, 5.74) is 1.13. The molecule has 0 bridgehead atoms. The number of nitrogens with zero attached hydrogens (tertiary/aromatic N) is 2. The van der Waals surface area contributed by atoms with Crippen LogP contribution in [0, 0.1) is 23.0 Å². The van der Waals surface area contributed by atoms with Crippen LogP contribution in [0.25, 0.3) is 0 Å². The van der Waals surface area contributed by atoms with Crippen molar-refractivity contribution < 1.29 is 13.6 Å². The Morgan fingerprint density at radius 2 is 1.85 bits per heavy atom. The van der Waals surface area contributed by atoms with E-state index in [-0.39, 0.29) is 11.3 Å². The molecule has 1 aromatic heterocycles. The lowest BCUT2D eigenvalue weighted by Crippen LogP contribution is -2.13. The van der Waals surface area contributed by atoms with Gasteiger partial charge in [0.25, 0.3) is 5.91 Å². The van der Waals surface area contributed by atoms with Crippen LogP contribution < -0.4 is 10.6 Å². The van der Waals surface area contributed by atoms with Crippen LogP contribution in [0.5, 0.6) is 0 Å². The van der Waals surface area contributed by atoms with E-state index in [4.69, 9.17) is 5.26 Å². The van der Waals surface area contributed by atoms with Crippen LogP contribution in [-0.4, -0.2) is 10.9 Å². The number of anilines is 3. The summed E-state index contributed by atoms with van der Waals surface area (Å²) in [6.45, 7) is 0. The summed E-state index contributed by atoms with van der Waals surface area (Å²) in [4.78, 5) is 16.3. The van der Waals surface area contributed by atoms with Gasteiger partial charge in [0.2, 0.25) is 0 Å². The molecule has 0 aliphatic carbocycles. The average Bonchev–Trinajstić information content (AvgIpc) is 2.65. The molecule has 1 heterocycles. The van der Waals surface area contributed by atoms with Gasteiger partial charge in [-0.1, -0.05) is 12.1 Å². The first-order chi connectivity index (χ1) is 12.6. The van der Waals surface area contributed by atoms with Crippen molar-refractivity contribution in [3.8, 4) is 6.07 Å². The maximum atomic E-state index is 13.6. The van der Waals surface area contributed by atoms with E-state index < -0.39 is 17.5 Å². The fourth-order valence-electron chi connectivity index (χ4n) is 2.22. The molecule has 0 aliphatic heterocycles. The predicted molar refractivity (Wildman–Crippen MR) is 93.0 cm³/mol. The molecule has 2 aromatic carbocycles. The van der Waals surface area contributed by atoms with E-state index in [1.807, 2.05) is 0 Å². The average molecular weight is 350 g/mol. The molecular formula is C19H12F2N4O. The summed E-state index contributed by atoms with van der Waals surface area (Å²) in [5.74, 6) is -1.72. The molecule has 7 heteroatoms. The number of carbonyl (C=O) groups excluding carboxylic acids is 1. The van der Waals surface area contributed by atoms with Crippen LogP contribution in [0.2, 0.25) is 0 Å². The third-order valence-corrected chi connectivity index (χ3v) is 3.52. The van der Waals surface area contributed by atoms with Gasteiger partial charge in [0.1, 0.15) is 23.5 Å². The first kappa shape index (κ1) is 17.0. The van der Waals surface area contributed by atoms with Crippen LogP contribution in [0.4, 0.5) is 26.0 Å². The quantitative estimate of drug-likeness (QED) is 0.738. The Morgan fingerprint density at radius 3 is 2.54 bits per heavy atom. The summed E-state index contributed by atoms with van der Waals surface area (Å²) in [6, 6.07) is 14.9. The van der Waals surface area contributed by atoms with Crippen molar-refractivity contribution in [1.82, 2.24) is 4.98 Å². The number of nitrogens with one attached hydrogen (secondary N) is 2. The second kappa shape index (κ2) is 7.40. The number of amides is 1. The monoisotopic (exact) mass is 350 g/mol. The molecule has 3 aromatic rings. The number of para-hydroxylation sites is 1. The van der Waals surface area contributed by atoms with Crippen LogP contribution in [0.3, 0.4) is 0 Å². The lowest BCUT2D eigenvalue weighted by atomic mass is 10.2. The lowest BCUT2D eigenvalue weighted by molar-refractivity contribution is 0.102. The third kappa shape index (κ3) is 3.82. The van der Waals surface area contributed by atoms with E-state index in [1.165, 1.54) is 12.3 Å². The molecular weight excluding hydrogens is 338 g/mol. The van der Waals surface area contributed by atoms with Crippen LogP contribution in [0.15, 0.2) is 60.8 Å². The van der Waals surface area contributed by atoms with Crippen LogP contribution in [-0.2, 0) is 0 Å². The van der Waals surface area contributed by atoms with Crippen LogP contribution in [0.1, 0.15) is 15.9 Å². The second-order valence-electron chi connectivity index (χ2n) is 5.29. The minimum absolute atomic E-state index is 0.124. The summed E-state index contributed by atoms with van der Waals surface area (Å²) in [7, 11) is 0. The van der Waals surface area contributed by atoms with E-state index in [0.717, 1.165) is 12.1 Å². The topological polar surface area (TPSA) is 77.8 Å². The summed E-state index contributed by atoms with van der Waals surface area (Å²) in [5, 5.41) is 14.4. The SMILES string of the molecule is N#Cc1ccccc1Nc1ccc(C(=O)Nc2ccc(F)cc2F)cn1. The number of rotatable bonds is 4. The Morgan fingerprint density at radius 1 is 1.04 bits per heavy atom.